The van der Waals surface area contributed by atoms with E-state index in [-0.39, 0.29) is 6.10 Å². The fourth-order valence-electron chi connectivity index (χ4n) is 2.73. The van der Waals surface area contributed by atoms with Crippen molar-refractivity contribution >= 4 is 15.9 Å². The third-order valence-electron chi connectivity index (χ3n) is 3.73. The summed E-state index contributed by atoms with van der Waals surface area (Å²) in [5.41, 5.74) is 1.24. The van der Waals surface area contributed by atoms with Gasteiger partial charge in [-0.05, 0) is 24.0 Å². The van der Waals surface area contributed by atoms with Gasteiger partial charge >= 0.3 is 0 Å². The van der Waals surface area contributed by atoms with Gasteiger partial charge in [0.15, 0.2) is 0 Å². The van der Waals surface area contributed by atoms with Crippen LogP contribution in [0.3, 0.4) is 0 Å². The average Bonchev–Trinajstić information content (AvgIpc) is 2.84. The predicted molar refractivity (Wildman–Crippen MR) is 78.4 cm³/mol. The molecule has 1 atom stereocenters. The van der Waals surface area contributed by atoms with Gasteiger partial charge in [-0.1, -0.05) is 59.8 Å². The van der Waals surface area contributed by atoms with Crippen LogP contribution in [0.1, 0.15) is 37.7 Å². The first kappa shape index (κ1) is 14.0. The lowest BCUT2D eigenvalue weighted by Gasteiger charge is -2.16. The summed E-state index contributed by atoms with van der Waals surface area (Å²) >= 11 is 3.53. The monoisotopic (exact) mass is 311 g/mol. The van der Waals surface area contributed by atoms with Crippen molar-refractivity contribution in [2.75, 3.05) is 6.54 Å². The first-order valence-corrected chi connectivity index (χ1v) is 7.67. The number of hydrogen-bond donors (Lipinski definition) is 2. The maximum atomic E-state index is 9.98. The largest absolute Gasteiger partial charge is 0.392 e. The van der Waals surface area contributed by atoms with Crippen molar-refractivity contribution in [1.29, 1.82) is 0 Å². The topological polar surface area (TPSA) is 32.3 Å². The SMILES string of the molecule is OC(CNCc1ccccc1Br)CC1CCCC1. The second kappa shape index (κ2) is 7.27. The third kappa shape index (κ3) is 4.38. The lowest BCUT2D eigenvalue weighted by molar-refractivity contribution is 0.140. The summed E-state index contributed by atoms with van der Waals surface area (Å²) in [5.74, 6) is 0.755. The normalized spacial score (nSPS) is 18.1. The molecule has 0 bridgehead atoms. The molecule has 0 aromatic heterocycles. The van der Waals surface area contributed by atoms with Crippen LogP contribution in [-0.2, 0) is 6.54 Å². The lowest BCUT2D eigenvalue weighted by atomic mass is 10.00. The fourth-order valence-corrected chi connectivity index (χ4v) is 3.15. The molecule has 1 aliphatic rings. The molecule has 1 aromatic carbocycles. The van der Waals surface area contributed by atoms with Crippen molar-refractivity contribution in [3.8, 4) is 0 Å². The Bertz CT molecular complexity index is 363. The van der Waals surface area contributed by atoms with Gasteiger partial charge < -0.3 is 10.4 Å². The van der Waals surface area contributed by atoms with Crippen LogP contribution in [0.2, 0.25) is 0 Å². The highest BCUT2D eigenvalue weighted by Crippen LogP contribution is 2.28. The van der Waals surface area contributed by atoms with Gasteiger partial charge in [0.2, 0.25) is 0 Å². The van der Waals surface area contributed by atoms with Gasteiger partial charge in [-0.2, -0.15) is 0 Å². The van der Waals surface area contributed by atoms with Crippen molar-refractivity contribution in [2.24, 2.45) is 5.92 Å². The third-order valence-corrected chi connectivity index (χ3v) is 4.51. The summed E-state index contributed by atoms with van der Waals surface area (Å²) in [7, 11) is 0. The van der Waals surface area contributed by atoms with E-state index in [1.54, 1.807) is 0 Å². The quantitative estimate of drug-likeness (QED) is 0.843. The molecule has 0 saturated heterocycles. The molecule has 2 rings (SSSR count). The first-order valence-electron chi connectivity index (χ1n) is 6.88. The minimum atomic E-state index is -0.199. The zero-order valence-corrected chi connectivity index (χ0v) is 12.3. The predicted octanol–water partition coefficient (Wildman–Crippen LogP) is 3.48. The van der Waals surface area contributed by atoms with E-state index in [0.717, 1.165) is 23.4 Å². The van der Waals surface area contributed by atoms with Crippen molar-refractivity contribution in [3.63, 3.8) is 0 Å². The van der Waals surface area contributed by atoms with Gasteiger partial charge in [0.25, 0.3) is 0 Å². The molecule has 0 radical (unpaired) electrons. The van der Waals surface area contributed by atoms with Gasteiger partial charge in [0.1, 0.15) is 0 Å². The molecule has 1 fully saturated rings. The molecule has 2 nitrogen and oxygen atoms in total. The molecule has 1 aromatic rings. The molecule has 0 aliphatic heterocycles. The molecule has 0 spiro atoms. The maximum absolute atomic E-state index is 9.98. The smallest absolute Gasteiger partial charge is 0.0667 e. The highest BCUT2D eigenvalue weighted by molar-refractivity contribution is 9.10. The van der Waals surface area contributed by atoms with Crippen molar-refractivity contribution in [1.82, 2.24) is 5.32 Å². The maximum Gasteiger partial charge on any atom is 0.0667 e. The molecule has 0 heterocycles. The molecular weight excluding hydrogens is 290 g/mol. The van der Waals surface area contributed by atoms with Gasteiger partial charge in [-0.3, -0.25) is 0 Å². The Labute approximate surface area is 118 Å². The van der Waals surface area contributed by atoms with Crippen LogP contribution < -0.4 is 5.32 Å². The van der Waals surface area contributed by atoms with Gasteiger partial charge in [0, 0.05) is 17.6 Å². The Balaban J connectivity index is 1.67. The van der Waals surface area contributed by atoms with E-state index in [0.29, 0.717) is 6.54 Å². The Morgan fingerprint density at radius 1 is 1.28 bits per heavy atom. The standard InChI is InChI=1S/C15H22BrNO/c16-15-8-4-3-7-13(15)10-17-11-14(18)9-12-5-1-2-6-12/h3-4,7-8,12,14,17-18H,1-2,5-6,9-11H2. The summed E-state index contributed by atoms with van der Waals surface area (Å²) in [6.07, 6.45) is 6.07. The van der Waals surface area contributed by atoms with Crippen molar-refractivity contribution < 1.29 is 5.11 Å². The van der Waals surface area contributed by atoms with E-state index >= 15 is 0 Å². The van der Waals surface area contributed by atoms with Crippen LogP contribution in [0.4, 0.5) is 0 Å². The fraction of sp³-hybridized carbons (Fsp3) is 0.600. The van der Waals surface area contributed by atoms with E-state index in [4.69, 9.17) is 0 Å². The van der Waals surface area contributed by atoms with E-state index in [2.05, 4.69) is 27.3 Å². The zero-order chi connectivity index (χ0) is 12.8. The number of nitrogens with one attached hydrogen (secondary N) is 1. The highest BCUT2D eigenvalue weighted by atomic mass is 79.9. The van der Waals surface area contributed by atoms with E-state index in [1.165, 1.54) is 31.2 Å². The van der Waals surface area contributed by atoms with Crippen LogP contribution in [0.5, 0.6) is 0 Å². The van der Waals surface area contributed by atoms with Crippen LogP contribution >= 0.6 is 15.9 Å². The molecule has 1 aliphatic carbocycles. The summed E-state index contributed by atoms with van der Waals surface area (Å²) in [6.45, 7) is 1.50. The van der Waals surface area contributed by atoms with Gasteiger partial charge in [-0.25, -0.2) is 0 Å². The zero-order valence-electron chi connectivity index (χ0n) is 10.7. The van der Waals surface area contributed by atoms with Crippen LogP contribution in [0, 0.1) is 5.92 Å². The number of rotatable bonds is 6. The highest BCUT2D eigenvalue weighted by Gasteiger charge is 2.18. The minimum Gasteiger partial charge on any atom is -0.392 e. The molecule has 18 heavy (non-hydrogen) atoms. The Morgan fingerprint density at radius 3 is 2.72 bits per heavy atom. The second-order valence-corrected chi connectivity index (χ2v) is 6.12. The van der Waals surface area contributed by atoms with E-state index in [9.17, 15) is 5.11 Å². The first-order chi connectivity index (χ1) is 8.75. The second-order valence-electron chi connectivity index (χ2n) is 5.26. The number of halogens is 1. The molecular formula is C15H22BrNO. The van der Waals surface area contributed by atoms with Crippen LogP contribution in [-0.4, -0.2) is 17.8 Å². The summed E-state index contributed by atoms with van der Waals surface area (Å²) < 4.78 is 1.13. The summed E-state index contributed by atoms with van der Waals surface area (Å²) in [6, 6.07) is 8.20. The lowest BCUT2D eigenvalue weighted by Crippen LogP contribution is -2.28. The van der Waals surface area contributed by atoms with Crippen LogP contribution in [0.15, 0.2) is 28.7 Å². The van der Waals surface area contributed by atoms with E-state index < -0.39 is 0 Å². The molecule has 1 unspecified atom stereocenters. The Kier molecular flexibility index (Phi) is 5.67. The number of aliphatic hydroxyl groups is 1. The van der Waals surface area contributed by atoms with Crippen molar-refractivity contribution in [3.05, 3.63) is 34.3 Å². The molecule has 100 valence electrons. The van der Waals surface area contributed by atoms with Gasteiger partial charge in [-0.15, -0.1) is 0 Å². The molecule has 1 saturated carbocycles. The van der Waals surface area contributed by atoms with Gasteiger partial charge in [0.05, 0.1) is 6.10 Å². The summed E-state index contributed by atoms with van der Waals surface area (Å²) in [4.78, 5) is 0. The number of hydrogen-bond acceptors (Lipinski definition) is 2. The Hall–Kier alpha value is -0.380. The molecule has 0 amide bonds. The summed E-state index contributed by atoms with van der Waals surface area (Å²) in [5, 5.41) is 13.3. The van der Waals surface area contributed by atoms with E-state index in [1.807, 2.05) is 18.2 Å². The molecule has 2 N–H and O–H groups in total. The van der Waals surface area contributed by atoms with Crippen LogP contribution in [0.25, 0.3) is 0 Å². The number of benzene rings is 1. The average molecular weight is 312 g/mol. The Morgan fingerprint density at radius 2 is 2.00 bits per heavy atom. The minimum absolute atomic E-state index is 0.199. The molecule has 3 heteroatoms. The van der Waals surface area contributed by atoms with Crippen molar-refractivity contribution in [2.45, 2.75) is 44.8 Å². The number of aliphatic hydroxyl groups excluding tert-OH is 1.